The molecule has 0 amide bonds. The second-order valence-electron chi connectivity index (χ2n) is 4.20. The van der Waals surface area contributed by atoms with E-state index in [1.54, 1.807) is 12.1 Å². The third kappa shape index (κ3) is 3.47. The number of halogens is 1. The van der Waals surface area contributed by atoms with Crippen molar-refractivity contribution in [2.45, 2.75) is 13.5 Å². The van der Waals surface area contributed by atoms with Crippen LogP contribution in [0.15, 0.2) is 42.5 Å². The van der Waals surface area contributed by atoms with Crippen molar-refractivity contribution in [1.82, 2.24) is 0 Å². The van der Waals surface area contributed by atoms with Gasteiger partial charge in [0.05, 0.1) is 5.69 Å². The SMILES string of the molecule is CC(=O)c1cc(N)c(OCc2ccccc2)cc1I. The molecule has 0 atom stereocenters. The molecule has 0 saturated heterocycles. The van der Waals surface area contributed by atoms with Crippen molar-refractivity contribution in [3.63, 3.8) is 0 Å². The van der Waals surface area contributed by atoms with Crippen LogP contribution in [0, 0.1) is 3.57 Å². The lowest BCUT2D eigenvalue weighted by atomic mass is 10.1. The van der Waals surface area contributed by atoms with Gasteiger partial charge in [0.25, 0.3) is 0 Å². The molecular weight excluding hydrogens is 353 g/mol. The molecule has 4 heteroatoms. The van der Waals surface area contributed by atoms with E-state index in [1.807, 2.05) is 30.3 Å². The Labute approximate surface area is 125 Å². The number of carbonyl (C=O) groups excluding carboxylic acids is 1. The van der Waals surface area contributed by atoms with Crippen molar-refractivity contribution in [2.24, 2.45) is 0 Å². The number of carbonyl (C=O) groups is 1. The van der Waals surface area contributed by atoms with Crippen LogP contribution in [0.4, 0.5) is 5.69 Å². The Morgan fingerprint density at radius 3 is 2.58 bits per heavy atom. The number of nitrogen functional groups attached to an aromatic ring is 1. The largest absolute Gasteiger partial charge is 0.487 e. The molecule has 0 bridgehead atoms. The maximum atomic E-state index is 11.4. The molecule has 0 aliphatic carbocycles. The Morgan fingerprint density at radius 2 is 1.95 bits per heavy atom. The summed E-state index contributed by atoms with van der Waals surface area (Å²) in [5.74, 6) is 0.615. The summed E-state index contributed by atoms with van der Waals surface area (Å²) in [4.78, 5) is 11.4. The van der Waals surface area contributed by atoms with Crippen molar-refractivity contribution in [3.05, 3.63) is 57.2 Å². The van der Waals surface area contributed by atoms with Crippen molar-refractivity contribution in [3.8, 4) is 5.75 Å². The van der Waals surface area contributed by atoms with Crippen LogP contribution in [-0.2, 0) is 6.61 Å². The first-order valence-corrected chi connectivity index (χ1v) is 6.92. The Kier molecular flexibility index (Phi) is 4.42. The fourth-order valence-corrected chi connectivity index (χ4v) is 2.52. The number of nitrogens with two attached hydrogens (primary N) is 1. The summed E-state index contributed by atoms with van der Waals surface area (Å²) >= 11 is 2.12. The fourth-order valence-electron chi connectivity index (χ4n) is 1.70. The van der Waals surface area contributed by atoms with Gasteiger partial charge >= 0.3 is 0 Å². The second kappa shape index (κ2) is 6.06. The summed E-state index contributed by atoms with van der Waals surface area (Å²) in [5, 5.41) is 0. The van der Waals surface area contributed by atoms with Gasteiger partial charge in [-0.15, -0.1) is 0 Å². The first-order valence-electron chi connectivity index (χ1n) is 5.84. The first-order chi connectivity index (χ1) is 9.08. The van der Waals surface area contributed by atoms with E-state index >= 15 is 0 Å². The van der Waals surface area contributed by atoms with Crippen LogP contribution in [0.25, 0.3) is 0 Å². The van der Waals surface area contributed by atoms with Gasteiger partial charge in [-0.25, -0.2) is 0 Å². The van der Waals surface area contributed by atoms with Gasteiger partial charge in [-0.1, -0.05) is 30.3 Å². The lowest BCUT2D eigenvalue weighted by Gasteiger charge is -2.11. The summed E-state index contributed by atoms with van der Waals surface area (Å²) in [6.45, 7) is 1.99. The predicted molar refractivity (Wildman–Crippen MR) is 84.3 cm³/mol. The Hall–Kier alpha value is -1.56. The molecule has 0 heterocycles. The van der Waals surface area contributed by atoms with E-state index in [9.17, 15) is 4.79 Å². The highest BCUT2D eigenvalue weighted by Gasteiger charge is 2.10. The number of hydrogen-bond donors (Lipinski definition) is 1. The summed E-state index contributed by atoms with van der Waals surface area (Å²) in [5.41, 5.74) is 8.11. The molecule has 2 N–H and O–H groups in total. The number of Topliss-reactive ketones (excluding diaryl/α,β-unsaturated/α-hetero) is 1. The van der Waals surface area contributed by atoms with Crippen molar-refractivity contribution >= 4 is 34.1 Å². The highest BCUT2D eigenvalue weighted by Crippen LogP contribution is 2.28. The van der Waals surface area contributed by atoms with E-state index in [4.69, 9.17) is 10.5 Å². The second-order valence-corrected chi connectivity index (χ2v) is 5.36. The van der Waals surface area contributed by atoms with Gasteiger partial charge in [0.1, 0.15) is 12.4 Å². The zero-order chi connectivity index (χ0) is 13.8. The molecule has 0 aliphatic heterocycles. The molecule has 0 aromatic heterocycles. The maximum absolute atomic E-state index is 11.4. The van der Waals surface area contributed by atoms with E-state index in [0.717, 1.165) is 9.13 Å². The normalized spacial score (nSPS) is 10.2. The van der Waals surface area contributed by atoms with Crippen LogP contribution >= 0.6 is 22.6 Å². The van der Waals surface area contributed by atoms with Gasteiger partial charge in [-0.05, 0) is 47.2 Å². The van der Waals surface area contributed by atoms with Crippen molar-refractivity contribution in [1.29, 1.82) is 0 Å². The molecule has 0 radical (unpaired) electrons. The molecule has 0 unspecified atom stereocenters. The summed E-state index contributed by atoms with van der Waals surface area (Å²) in [6, 6.07) is 13.3. The molecule has 3 nitrogen and oxygen atoms in total. The van der Waals surface area contributed by atoms with E-state index < -0.39 is 0 Å². The zero-order valence-electron chi connectivity index (χ0n) is 10.5. The highest BCUT2D eigenvalue weighted by molar-refractivity contribution is 14.1. The van der Waals surface area contributed by atoms with Gasteiger partial charge in [-0.2, -0.15) is 0 Å². The quantitative estimate of drug-likeness (QED) is 0.510. The van der Waals surface area contributed by atoms with E-state index in [1.165, 1.54) is 6.92 Å². The molecule has 0 spiro atoms. The number of anilines is 1. The van der Waals surface area contributed by atoms with Gasteiger partial charge in [0.15, 0.2) is 5.78 Å². The molecule has 98 valence electrons. The van der Waals surface area contributed by atoms with Crippen LogP contribution in [0.2, 0.25) is 0 Å². The molecule has 2 aromatic rings. The average molecular weight is 367 g/mol. The number of rotatable bonds is 4. The monoisotopic (exact) mass is 367 g/mol. The highest BCUT2D eigenvalue weighted by atomic mass is 127. The number of hydrogen-bond acceptors (Lipinski definition) is 3. The summed E-state index contributed by atoms with van der Waals surface area (Å²) < 4.78 is 6.55. The van der Waals surface area contributed by atoms with Gasteiger partial charge in [0.2, 0.25) is 0 Å². The van der Waals surface area contributed by atoms with Crippen molar-refractivity contribution in [2.75, 3.05) is 5.73 Å². The zero-order valence-corrected chi connectivity index (χ0v) is 12.7. The smallest absolute Gasteiger partial charge is 0.160 e. The van der Waals surface area contributed by atoms with E-state index in [2.05, 4.69) is 22.6 Å². The van der Waals surface area contributed by atoms with Gasteiger partial charge in [-0.3, -0.25) is 4.79 Å². The topological polar surface area (TPSA) is 52.3 Å². The molecule has 0 fully saturated rings. The van der Waals surface area contributed by atoms with Crippen LogP contribution in [0.5, 0.6) is 5.75 Å². The van der Waals surface area contributed by atoms with Crippen molar-refractivity contribution < 1.29 is 9.53 Å². The van der Waals surface area contributed by atoms with E-state index in [-0.39, 0.29) is 5.78 Å². The van der Waals surface area contributed by atoms with Gasteiger partial charge in [0, 0.05) is 9.13 Å². The minimum atomic E-state index is 0.00529. The minimum Gasteiger partial charge on any atom is -0.487 e. The molecular formula is C15H14INO2. The third-order valence-corrected chi connectivity index (χ3v) is 3.61. The number of ketones is 1. The van der Waals surface area contributed by atoms with E-state index in [0.29, 0.717) is 23.6 Å². The molecule has 2 aromatic carbocycles. The first kappa shape index (κ1) is 13.9. The fraction of sp³-hybridized carbons (Fsp3) is 0.133. The Morgan fingerprint density at radius 1 is 1.26 bits per heavy atom. The minimum absolute atomic E-state index is 0.00529. The van der Waals surface area contributed by atoms with Crippen LogP contribution in [0.3, 0.4) is 0 Å². The lowest BCUT2D eigenvalue weighted by Crippen LogP contribution is -2.03. The lowest BCUT2D eigenvalue weighted by molar-refractivity contribution is 0.101. The molecule has 19 heavy (non-hydrogen) atoms. The summed E-state index contributed by atoms with van der Waals surface area (Å²) in [6.07, 6.45) is 0. The Bertz CT molecular complexity index is 597. The van der Waals surface area contributed by atoms with Gasteiger partial charge < -0.3 is 10.5 Å². The number of ether oxygens (including phenoxy) is 1. The summed E-state index contributed by atoms with van der Waals surface area (Å²) in [7, 11) is 0. The molecule has 0 aliphatic rings. The van der Waals surface area contributed by atoms with Crippen LogP contribution < -0.4 is 10.5 Å². The maximum Gasteiger partial charge on any atom is 0.160 e. The molecule has 0 saturated carbocycles. The number of benzene rings is 2. The average Bonchev–Trinajstić information content (AvgIpc) is 2.40. The van der Waals surface area contributed by atoms with Crippen LogP contribution in [0.1, 0.15) is 22.8 Å². The third-order valence-electron chi connectivity index (χ3n) is 2.72. The van der Waals surface area contributed by atoms with Crippen LogP contribution in [-0.4, -0.2) is 5.78 Å². The standard InChI is InChI=1S/C15H14INO2/c1-10(18)12-7-14(17)15(8-13(12)16)19-9-11-5-3-2-4-6-11/h2-8H,9,17H2,1H3. The Balaban J connectivity index is 2.17. The molecule has 2 rings (SSSR count). The predicted octanol–water partition coefficient (Wildman–Crippen LogP) is 3.66.